The van der Waals surface area contributed by atoms with Crippen LogP contribution in [0.3, 0.4) is 0 Å². The molecule has 0 aliphatic carbocycles. The van der Waals surface area contributed by atoms with E-state index in [0.717, 1.165) is 11.8 Å². The highest BCUT2D eigenvalue weighted by molar-refractivity contribution is 7.90. The minimum absolute atomic E-state index is 0.182. The molecule has 7 nitrogen and oxygen atoms in total. The fraction of sp³-hybridized carbons (Fsp3) is 0.375. The second-order valence-corrected chi connectivity index (χ2v) is 7.93. The quantitative estimate of drug-likeness (QED) is 0.807. The van der Waals surface area contributed by atoms with Crippen LogP contribution in [0.4, 0.5) is 4.39 Å². The lowest BCUT2D eigenvalue weighted by molar-refractivity contribution is 0.240. The molecule has 0 atom stereocenters. The molecule has 1 aromatic heterocycles. The van der Waals surface area contributed by atoms with Crippen LogP contribution >= 0.6 is 0 Å². The predicted molar refractivity (Wildman–Crippen MR) is 88.7 cm³/mol. The maximum Gasteiger partial charge on any atom is 0.256 e. The lowest BCUT2D eigenvalue weighted by Gasteiger charge is -2.27. The van der Waals surface area contributed by atoms with E-state index in [1.807, 2.05) is 4.90 Å². The summed E-state index contributed by atoms with van der Waals surface area (Å²) >= 11 is 0. The molecule has 3 rings (SSSR count). The second-order valence-electron chi connectivity index (χ2n) is 6.00. The molecule has 134 valence electrons. The molecule has 2 heterocycles. The van der Waals surface area contributed by atoms with Crippen LogP contribution in [0.1, 0.15) is 16.8 Å². The normalized spacial score (nSPS) is 15.0. The van der Waals surface area contributed by atoms with Crippen molar-refractivity contribution in [3.05, 3.63) is 51.2 Å². The zero-order chi connectivity index (χ0) is 18.2. The van der Waals surface area contributed by atoms with Gasteiger partial charge in [0, 0.05) is 32.3 Å². The molecule has 0 unspecified atom stereocenters. The van der Waals surface area contributed by atoms with E-state index in [1.54, 1.807) is 12.1 Å². The fourth-order valence-electron chi connectivity index (χ4n) is 2.84. The third kappa shape index (κ3) is 3.72. The summed E-state index contributed by atoms with van der Waals surface area (Å²) in [5, 5.41) is -0.304. The molecule has 0 radical (unpaired) electrons. The van der Waals surface area contributed by atoms with Gasteiger partial charge in [0.25, 0.3) is 5.56 Å². The Morgan fingerprint density at radius 1 is 1.40 bits per heavy atom. The molecule has 25 heavy (non-hydrogen) atoms. The van der Waals surface area contributed by atoms with Crippen LogP contribution < -0.4 is 10.3 Å². The number of rotatable bonds is 4. The molecule has 9 heteroatoms. The summed E-state index contributed by atoms with van der Waals surface area (Å²) in [6.07, 6.45) is 1.46. The summed E-state index contributed by atoms with van der Waals surface area (Å²) in [7, 11) is -2.16. The number of nitrogens with zero attached hydrogens (tertiary/aromatic N) is 2. The number of ether oxygens (including phenoxy) is 1. The van der Waals surface area contributed by atoms with Crippen molar-refractivity contribution in [1.29, 1.82) is 0 Å². The van der Waals surface area contributed by atoms with Crippen molar-refractivity contribution in [2.75, 3.05) is 19.9 Å². The molecule has 0 bridgehead atoms. The van der Waals surface area contributed by atoms with E-state index in [0.29, 0.717) is 37.3 Å². The molecule has 0 amide bonds. The zero-order valence-corrected chi connectivity index (χ0v) is 14.7. The standard InChI is InChI=1S/C16H18FN3O4S/c1-24-14-4-3-10(7-12(14)17)8-20-6-5-13-11(9-20)15(21)19-16(18-13)25(2,22)23/h3-4,7H,5-6,8-9H2,1-2H3,(H,18,19,21). The van der Waals surface area contributed by atoms with Crippen LogP contribution in [-0.2, 0) is 29.3 Å². The van der Waals surface area contributed by atoms with E-state index >= 15 is 0 Å². The molecule has 0 saturated carbocycles. The van der Waals surface area contributed by atoms with Gasteiger partial charge in [-0.25, -0.2) is 17.8 Å². The maximum atomic E-state index is 13.8. The van der Waals surface area contributed by atoms with Gasteiger partial charge in [0.05, 0.1) is 18.4 Å². The number of H-pyrrole nitrogens is 1. The van der Waals surface area contributed by atoms with Gasteiger partial charge in [-0.2, -0.15) is 0 Å². The monoisotopic (exact) mass is 367 g/mol. The van der Waals surface area contributed by atoms with Crippen molar-refractivity contribution in [1.82, 2.24) is 14.9 Å². The molecule has 1 aliphatic heterocycles. The van der Waals surface area contributed by atoms with Gasteiger partial charge in [0.15, 0.2) is 11.6 Å². The van der Waals surface area contributed by atoms with Crippen molar-refractivity contribution >= 4 is 9.84 Å². The number of halogens is 1. The number of hydrogen-bond donors (Lipinski definition) is 1. The number of nitrogens with one attached hydrogen (secondary N) is 1. The Bertz CT molecular complexity index is 972. The topological polar surface area (TPSA) is 92.4 Å². The van der Waals surface area contributed by atoms with Gasteiger partial charge in [-0.1, -0.05) is 6.07 Å². The predicted octanol–water partition coefficient (Wildman–Crippen LogP) is 0.879. The van der Waals surface area contributed by atoms with E-state index in [-0.39, 0.29) is 10.9 Å². The van der Waals surface area contributed by atoms with E-state index in [9.17, 15) is 17.6 Å². The van der Waals surface area contributed by atoms with Crippen molar-refractivity contribution in [2.24, 2.45) is 0 Å². The molecule has 0 saturated heterocycles. The fourth-order valence-corrected chi connectivity index (χ4v) is 3.39. The number of sulfone groups is 1. The summed E-state index contributed by atoms with van der Waals surface area (Å²) < 4.78 is 41.8. The summed E-state index contributed by atoms with van der Waals surface area (Å²) in [5.74, 6) is -0.253. The molecule has 0 spiro atoms. The van der Waals surface area contributed by atoms with Gasteiger partial charge in [-0.05, 0) is 17.7 Å². The van der Waals surface area contributed by atoms with Crippen LogP contribution in [0, 0.1) is 5.82 Å². The van der Waals surface area contributed by atoms with E-state index in [4.69, 9.17) is 4.74 Å². The van der Waals surface area contributed by atoms with Gasteiger partial charge in [-0.15, -0.1) is 0 Å². The van der Waals surface area contributed by atoms with Crippen molar-refractivity contribution in [2.45, 2.75) is 24.7 Å². The molecule has 1 aliphatic rings. The number of aromatic amines is 1. The number of aromatic nitrogens is 2. The van der Waals surface area contributed by atoms with Gasteiger partial charge in [-0.3, -0.25) is 14.7 Å². The minimum atomic E-state index is -3.57. The lowest BCUT2D eigenvalue weighted by atomic mass is 10.1. The first-order chi connectivity index (χ1) is 11.8. The Balaban J connectivity index is 1.82. The van der Waals surface area contributed by atoms with Gasteiger partial charge >= 0.3 is 0 Å². The maximum absolute atomic E-state index is 13.8. The molecular weight excluding hydrogens is 349 g/mol. The van der Waals surface area contributed by atoms with Crippen LogP contribution in [0.25, 0.3) is 0 Å². The Hall–Kier alpha value is -2.26. The SMILES string of the molecule is COc1ccc(CN2CCc3nc(S(C)(=O)=O)[nH]c(=O)c3C2)cc1F. The number of hydrogen-bond acceptors (Lipinski definition) is 6. The van der Waals surface area contributed by atoms with E-state index in [2.05, 4.69) is 9.97 Å². The summed E-state index contributed by atoms with van der Waals surface area (Å²) in [4.78, 5) is 20.6. The molecule has 1 N–H and O–H groups in total. The van der Waals surface area contributed by atoms with Crippen LogP contribution in [0.15, 0.2) is 28.2 Å². The Morgan fingerprint density at radius 3 is 2.80 bits per heavy atom. The smallest absolute Gasteiger partial charge is 0.256 e. The summed E-state index contributed by atoms with van der Waals surface area (Å²) in [6.45, 7) is 1.39. The van der Waals surface area contributed by atoms with Crippen LogP contribution in [-0.4, -0.2) is 43.2 Å². The third-order valence-electron chi connectivity index (χ3n) is 4.10. The molecular formula is C16H18FN3O4S. The van der Waals surface area contributed by atoms with Crippen LogP contribution in [0.5, 0.6) is 5.75 Å². The van der Waals surface area contributed by atoms with Gasteiger partial charge in [0.2, 0.25) is 15.0 Å². The number of methoxy groups -OCH3 is 1. The average Bonchev–Trinajstić information content (AvgIpc) is 2.54. The van der Waals surface area contributed by atoms with Crippen molar-refractivity contribution < 1.29 is 17.5 Å². The number of benzene rings is 1. The Labute approximate surface area is 144 Å². The largest absolute Gasteiger partial charge is 0.494 e. The van der Waals surface area contributed by atoms with Gasteiger partial charge < -0.3 is 4.74 Å². The van der Waals surface area contributed by atoms with Crippen molar-refractivity contribution in [3.63, 3.8) is 0 Å². The highest BCUT2D eigenvalue weighted by Gasteiger charge is 2.23. The zero-order valence-electron chi connectivity index (χ0n) is 13.9. The summed E-state index contributed by atoms with van der Waals surface area (Å²) in [6, 6.07) is 4.74. The van der Waals surface area contributed by atoms with E-state index < -0.39 is 21.2 Å². The molecule has 1 aromatic carbocycles. The van der Waals surface area contributed by atoms with E-state index in [1.165, 1.54) is 13.2 Å². The third-order valence-corrected chi connectivity index (χ3v) is 5.00. The van der Waals surface area contributed by atoms with Crippen molar-refractivity contribution in [3.8, 4) is 5.75 Å². The number of fused-ring (bicyclic) bond motifs is 1. The average molecular weight is 367 g/mol. The first-order valence-electron chi connectivity index (χ1n) is 7.65. The highest BCUT2D eigenvalue weighted by atomic mass is 32.2. The Kier molecular flexibility index (Phi) is 4.61. The summed E-state index contributed by atoms with van der Waals surface area (Å²) in [5.41, 5.74) is 1.27. The lowest BCUT2D eigenvalue weighted by Crippen LogP contribution is -2.36. The molecule has 0 fully saturated rings. The minimum Gasteiger partial charge on any atom is -0.494 e. The van der Waals surface area contributed by atoms with Gasteiger partial charge in [0.1, 0.15) is 0 Å². The highest BCUT2D eigenvalue weighted by Crippen LogP contribution is 2.21. The first-order valence-corrected chi connectivity index (χ1v) is 9.54. The molecule has 2 aromatic rings. The first kappa shape index (κ1) is 17.6. The Morgan fingerprint density at radius 2 is 2.16 bits per heavy atom. The van der Waals surface area contributed by atoms with Crippen LogP contribution in [0.2, 0.25) is 0 Å². The second kappa shape index (κ2) is 6.57.